The second kappa shape index (κ2) is 4.41. The van der Waals surface area contributed by atoms with Gasteiger partial charge in [0.1, 0.15) is 5.78 Å². The van der Waals surface area contributed by atoms with Gasteiger partial charge >= 0.3 is 0 Å². The highest BCUT2D eigenvalue weighted by molar-refractivity contribution is 5.83. The van der Waals surface area contributed by atoms with Crippen molar-refractivity contribution >= 4 is 5.78 Å². The van der Waals surface area contributed by atoms with Crippen LogP contribution in [0.3, 0.4) is 0 Å². The molecule has 0 bridgehead atoms. The molecular weight excluding hydrogens is 178 g/mol. The van der Waals surface area contributed by atoms with Gasteiger partial charge in [-0.1, -0.05) is 0 Å². The zero-order chi connectivity index (χ0) is 9.97. The van der Waals surface area contributed by atoms with Crippen molar-refractivity contribution in [3.05, 3.63) is 0 Å². The van der Waals surface area contributed by atoms with Crippen LogP contribution >= 0.6 is 0 Å². The molecule has 3 nitrogen and oxygen atoms in total. The molecule has 1 aliphatic carbocycles. The Morgan fingerprint density at radius 3 is 2.93 bits per heavy atom. The highest BCUT2D eigenvalue weighted by Gasteiger charge is 2.29. The summed E-state index contributed by atoms with van der Waals surface area (Å²) in [5.74, 6) is 0.802. The minimum atomic E-state index is 0.325. The normalized spacial score (nSPS) is 34.2. The van der Waals surface area contributed by atoms with Gasteiger partial charge in [0.15, 0.2) is 0 Å². The lowest BCUT2D eigenvalue weighted by molar-refractivity contribution is -0.121. The first-order valence-electron chi connectivity index (χ1n) is 5.57. The highest BCUT2D eigenvalue weighted by Crippen LogP contribution is 2.24. The van der Waals surface area contributed by atoms with Gasteiger partial charge in [-0.05, 0) is 19.3 Å². The van der Waals surface area contributed by atoms with Crippen LogP contribution < -0.4 is 0 Å². The Kier molecular flexibility index (Phi) is 3.19. The van der Waals surface area contributed by atoms with Crippen LogP contribution in [0.5, 0.6) is 0 Å². The first kappa shape index (κ1) is 10.1. The number of nitrogens with zero attached hydrogens (tertiary/aromatic N) is 1. The maximum atomic E-state index is 11.5. The summed E-state index contributed by atoms with van der Waals surface area (Å²) in [4.78, 5) is 13.8. The average molecular weight is 197 g/mol. The summed E-state index contributed by atoms with van der Waals surface area (Å²) in [6, 6.07) is 0. The molecule has 1 heterocycles. The maximum absolute atomic E-state index is 11.5. The van der Waals surface area contributed by atoms with Crippen molar-refractivity contribution in [2.45, 2.75) is 31.8 Å². The van der Waals surface area contributed by atoms with Crippen LogP contribution in [0.25, 0.3) is 0 Å². The topological polar surface area (TPSA) is 29.5 Å². The van der Waals surface area contributed by atoms with E-state index < -0.39 is 0 Å². The molecule has 2 atom stereocenters. The summed E-state index contributed by atoms with van der Waals surface area (Å²) >= 11 is 0. The van der Waals surface area contributed by atoms with E-state index in [2.05, 4.69) is 4.90 Å². The summed E-state index contributed by atoms with van der Waals surface area (Å²) in [7, 11) is 1.77. The predicted molar refractivity (Wildman–Crippen MR) is 54.2 cm³/mol. The van der Waals surface area contributed by atoms with E-state index in [1.54, 1.807) is 7.11 Å². The van der Waals surface area contributed by atoms with Crippen LogP contribution in [0.15, 0.2) is 0 Å². The summed E-state index contributed by atoms with van der Waals surface area (Å²) in [5, 5.41) is 0. The largest absolute Gasteiger partial charge is 0.380 e. The maximum Gasteiger partial charge on any atom is 0.137 e. The van der Waals surface area contributed by atoms with Gasteiger partial charge in [-0.25, -0.2) is 0 Å². The van der Waals surface area contributed by atoms with Gasteiger partial charge in [-0.2, -0.15) is 0 Å². The van der Waals surface area contributed by atoms with E-state index >= 15 is 0 Å². The monoisotopic (exact) mass is 197 g/mol. The van der Waals surface area contributed by atoms with Gasteiger partial charge in [0, 0.05) is 39.1 Å². The van der Waals surface area contributed by atoms with Crippen molar-refractivity contribution in [2.24, 2.45) is 5.92 Å². The third-order valence-electron chi connectivity index (χ3n) is 3.47. The Labute approximate surface area is 85.4 Å². The lowest BCUT2D eigenvalue weighted by Crippen LogP contribution is -2.30. The molecule has 2 unspecified atom stereocenters. The summed E-state index contributed by atoms with van der Waals surface area (Å²) < 4.78 is 5.31. The second-order valence-electron chi connectivity index (χ2n) is 4.46. The predicted octanol–water partition coefficient (Wildman–Crippen LogP) is 1.08. The Bertz CT molecular complexity index is 217. The van der Waals surface area contributed by atoms with Crippen LogP contribution in [-0.4, -0.2) is 43.5 Å². The summed E-state index contributed by atoms with van der Waals surface area (Å²) in [6.07, 6.45) is 4.54. The Morgan fingerprint density at radius 2 is 2.36 bits per heavy atom. The molecule has 0 amide bonds. The molecule has 0 spiro atoms. The number of hydrogen-bond acceptors (Lipinski definition) is 3. The molecule has 80 valence electrons. The SMILES string of the molecule is COC1CCN(CC2CCCC2=O)C1. The second-order valence-corrected chi connectivity index (χ2v) is 4.46. The number of hydrogen-bond donors (Lipinski definition) is 0. The number of carbonyl (C=O) groups excluding carboxylic acids is 1. The Morgan fingerprint density at radius 1 is 1.50 bits per heavy atom. The van der Waals surface area contributed by atoms with Crippen molar-refractivity contribution in [3.63, 3.8) is 0 Å². The molecule has 2 aliphatic rings. The number of ketones is 1. The van der Waals surface area contributed by atoms with E-state index in [0.717, 1.165) is 45.3 Å². The zero-order valence-corrected chi connectivity index (χ0v) is 8.87. The van der Waals surface area contributed by atoms with Gasteiger partial charge < -0.3 is 4.74 Å². The number of Topliss-reactive ketones (excluding diaryl/α,β-unsaturated/α-hetero) is 1. The van der Waals surface area contributed by atoms with E-state index in [0.29, 0.717) is 17.8 Å². The van der Waals surface area contributed by atoms with Crippen LogP contribution in [0.1, 0.15) is 25.7 Å². The van der Waals surface area contributed by atoms with Crippen LogP contribution in [-0.2, 0) is 9.53 Å². The van der Waals surface area contributed by atoms with Crippen molar-refractivity contribution in [1.82, 2.24) is 4.90 Å². The van der Waals surface area contributed by atoms with Crippen LogP contribution in [0, 0.1) is 5.92 Å². The molecule has 1 saturated carbocycles. The number of rotatable bonds is 3. The van der Waals surface area contributed by atoms with Crippen LogP contribution in [0.2, 0.25) is 0 Å². The van der Waals surface area contributed by atoms with E-state index in [4.69, 9.17) is 4.74 Å². The van der Waals surface area contributed by atoms with Crippen molar-refractivity contribution in [1.29, 1.82) is 0 Å². The van der Waals surface area contributed by atoms with Crippen LogP contribution in [0.4, 0.5) is 0 Å². The molecule has 0 aromatic carbocycles. The zero-order valence-electron chi connectivity index (χ0n) is 8.87. The summed E-state index contributed by atoms with van der Waals surface area (Å²) in [6.45, 7) is 3.08. The molecule has 1 aliphatic heterocycles. The molecule has 0 N–H and O–H groups in total. The lowest BCUT2D eigenvalue weighted by atomic mass is 10.1. The van der Waals surface area contributed by atoms with Gasteiger partial charge in [-0.15, -0.1) is 0 Å². The van der Waals surface area contributed by atoms with Crippen molar-refractivity contribution in [2.75, 3.05) is 26.7 Å². The van der Waals surface area contributed by atoms with E-state index in [-0.39, 0.29) is 0 Å². The third-order valence-corrected chi connectivity index (χ3v) is 3.47. The number of likely N-dealkylation sites (tertiary alicyclic amines) is 1. The average Bonchev–Trinajstić information content (AvgIpc) is 2.77. The quantitative estimate of drug-likeness (QED) is 0.678. The first-order valence-corrected chi connectivity index (χ1v) is 5.57. The molecule has 2 fully saturated rings. The molecule has 2 rings (SSSR count). The summed E-state index contributed by atoms with van der Waals surface area (Å²) in [5.41, 5.74) is 0. The first-order chi connectivity index (χ1) is 6.79. The van der Waals surface area contributed by atoms with E-state index in [1.165, 1.54) is 0 Å². The number of methoxy groups -OCH3 is 1. The lowest BCUT2D eigenvalue weighted by Gasteiger charge is -2.18. The van der Waals surface area contributed by atoms with Crippen molar-refractivity contribution in [3.8, 4) is 0 Å². The molecule has 0 aromatic rings. The number of carbonyl (C=O) groups is 1. The number of ether oxygens (including phenoxy) is 1. The van der Waals surface area contributed by atoms with E-state index in [9.17, 15) is 4.79 Å². The van der Waals surface area contributed by atoms with E-state index in [1.807, 2.05) is 0 Å². The Hall–Kier alpha value is -0.410. The minimum absolute atomic E-state index is 0.325. The molecule has 0 radical (unpaired) electrons. The fourth-order valence-corrected chi connectivity index (χ4v) is 2.55. The molecular formula is C11H19NO2. The fourth-order valence-electron chi connectivity index (χ4n) is 2.55. The smallest absolute Gasteiger partial charge is 0.137 e. The highest BCUT2D eigenvalue weighted by atomic mass is 16.5. The van der Waals surface area contributed by atoms with Gasteiger partial charge in [0.25, 0.3) is 0 Å². The standard InChI is InChI=1S/C11H19NO2/c1-14-10-5-6-12(8-10)7-9-3-2-4-11(9)13/h9-10H,2-8H2,1H3. The fraction of sp³-hybridized carbons (Fsp3) is 0.909. The van der Waals surface area contributed by atoms with Gasteiger partial charge in [-0.3, -0.25) is 9.69 Å². The molecule has 14 heavy (non-hydrogen) atoms. The third kappa shape index (κ3) is 2.15. The molecule has 3 heteroatoms. The molecule has 0 aromatic heterocycles. The van der Waals surface area contributed by atoms with Crippen molar-refractivity contribution < 1.29 is 9.53 Å². The van der Waals surface area contributed by atoms with Gasteiger partial charge in [0.05, 0.1) is 6.10 Å². The van der Waals surface area contributed by atoms with Gasteiger partial charge in [0.2, 0.25) is 0 Å². The molecule has 1 saturated heterocycles. The minimum Gasteiger partial charge on any atom is -0.380 e. The Balaban J connectivity index is 1.78.